The third-order valence-corrected chi connectivity index (χ3v) is 6.01. The minimum absolute atomic E-state index is 0.0109. The van der Waals surface area contributed by atoms with Gasteiger partial charge in [-0.3, -0.25) is 15.0 Å². The summed E-state index contributed by atoms with van der Waals surface area (Å²) in [5, 5.41) is 15.4. The number of nitrogens with zero attached hydrogens (tertiary/aromatic N) is 1. The Bertz CT molecular complexity index is 1160. The Labute approximate surface area is 199 Å². The summed E-state index contributed by atoms with van der Waals surface area (Å²) >= 11 is 11.4. The predicted molar refractivity (Wildman–Crippen MR) is 126 cm³/mol. The summed E-state index contributed by atoms with van der Waals surface area (Å²) in [5.74, 6) is -0.882. The van der Waals surface area contributed by atoms with Crippen LogP contribution in [-0.2, 0) is 0 Å². The Kier molecular flexibility index (Phi) is 5.90. The normalized spacial score (nSPS) is 15.4. The van der Waals surface area contributed by atoms with E-state index in [4.69, 9.17) is 11.6 Å². The molecule has 1 aliphatic rings. The molecule has 4 rings (SSSR count). The smallest absolute Gasteiger partial charge is 0.276 e. The van der Waals surface area contributed by atoms with Gasteiger partial charge in [-0.25, -0.2) is 5.01 Å². The van der Waals surface area contributed by atoms with Crippen molar-refractivity contribution < 1.29 is 14.7 Å². The Hall–Kier alpha value is -2.30. The van der Waals surface area contributed by atoms with E-state index in [0.717, 1.165) is 8.04 Å². The van der Waals surface area contributed by atoms with Crippen LogP contribution < -0.4 is 10.7 Å². The van der Waals surface area contributed by atoms with Crippen LogP contribution in [-0.4, -0.2) is 21.9 Å². The molecule has 0 spiro atoms. The van der Waals surface area contributed by atoms with Crippen molar-refractivity contribution in [3.63, 3.8) is 0 Å². The van der Waals surface area contributed by atoms with Gasteiger partial charge in [0.1, 0.15) is 5.75 Å². The van der Waals surface area contributed by atoms with Crippen LogP contribution in [0.3, 0.4) is 0 Å². The Morgan fingerprint density at radius 1 is 1.13 bits per heavy atom. The van der Waals surface area contributed by atoms with Crippen molar-refractivity contribution in [2.75, 3.05) is 5.32 Å². The summed E-state index contributed by atoms with van der Waals surface area (Å²) < 4.78 is 1.61. The first-order valence-corrected chi connectivity index (χ1v) is 11.0. The van der Waals surface area contributed by atoms with Crippen LogP contribution in [0.5, 0.6) is 5.75 Å². The summed E-state index contributed by atoms with van der Waals surface area (Å²) in [6.07, 6.45) is -0.821. The minimum atomic E-state index is -0.821. The molecule has 0 saturated heterocycles. The number of phenols is 1. The van der Waals surface area contributed by atoms with Gasteiger partial charge in [0.25, 0.3) is 11.8 Å². The van der Waals surface area contributed by atoms with Crippen molar-refractivity contribution in [3.8, 4) is 5.75 Å². The van der Waals surface area contributed by atoms with Gasteiger partial charge in [0.05, 0.1) is 5.56 Å². The number of rotatable bonds is 3. The number of hydrogen-bond donors (Lipinski definition) is 3. The molecule has 1 atom stereocenters. The zero-order valence-electron chi connectivity index (χ0n) is 15.2. The van der Waals surface area contributed by atoms with E-state index in [9.17, 15) is 14.7 Å². The largest absolute Gasteiger partial charge is 0.508 e. The van der Waals surface area contributed by atoms with Gasteiger partial charge in [-0.15, -0.1) is 0 Å². The van der Waals surface area contributed by atoms with Crippen molar-refractivity contribution in [3.05, 3.63) is 90.4 Å². The SMILES string of the molecule is O=C(NN1C(=O)c2cc(I)ccc2N[C@H]1c1cc(Br)ccc1O)c1ccc(Cl)cc1. The van der Waals surface area contributed by atoms with Crippen LogP contribution in [0.2, 0.25) is 5.02 Å². The number of fused-ring (bicyclic) bond motifs is 1. The maximum absolute atomic E-state index is 13.3. The molecule has 9 heteroatoms. The molecule has 3 N–H and O–H groups in total. The van der Waals surface area contributed by atoms with Gasteiger partial charge in [0.15, 0.2) is 6.17 Å². The molecule has 2 amide bonds. The summed E-state index contributed by atoms with van der Waals surface area (Å²) in [5.41, 5.74) is 4.48. The van der Waals surface area contributed by atoms with Crippen LogP contribution in [0.4, 0.5) is 5.69 Å². The minimum Gasteiger partial charge on any atom is -0.508 e. The van der Waals surface area contributed by atoms with Crippen LogP contribution in [0.15, 0.2) is 65.1 Å². The average Bonchev–Trinajstić information content (AvgIpc) is 2.72. The predicted octanol–water partition coefficient (Wildman–Crippen LogP) is 5.32. The van der Waals surface area contributed by atoms with E-state index in [1.807, 2.05) is 6.07 Å². The Morgan fingerprint density at radius 2 is 1.87 bits per heavy atom. The number of phenolic OH excluding ortho intramolecular Hbond substituents is 1. The molecule has 1 heterocycles. The standard InChI is InChI=1S/C21H14BrClIN3O3/c22-12-3-8-18(28)16(9-12)19-25-17-7-6-14(24)10-15(17)21(30)27(19)26-20(29)11-1-4-13(23)5-2-11/h1-10,19,25,28H,(H,26,29)/t19-/m1/s1. The Morgan fingerprint density at radius 3 is 2.60 bits per heavy atom. The maximum atomic E-state index is 13.3. The number of carbonyl (C=O) groups excluding carboxylic acids is 2. The summed E-state index contributed by atoms with van der Waals surface area (Å²) in [7, 11) is 0. The second kappa shape index (κ2) is 8.44. The topological polar surface area (TPSA) is 81.7 Å². The van der Waals surface area contributed by atoms with Gasteiger partial charge in [-0.2, -0.15) is 0 Å². The molecule has 0 unspecified atom stereocenters. The van der Waals surface area contributed by atoms with Gasteiger partial charge in [0, 0.05) is 29.9 Å². The lowest BCUT2D eigenvalue weighted by atomic mass is 10.0. The van der Waals surface area contributed by atoms with Crippen LogP contribution in [0.25, 0.3) is 0 Å². The highest BCUT2D eigenvalue weighted by Gasteiger charge is 2.36. The van der Waals surface area contributed by atoms with Gasteiger partial charge in [-0.1, -0.05) is 27.5 Å². The third-order valence-electron chi connectivity index (χ3n) is 4.59. The fourth-order valence-corrected chi connectivity index (χ4v) is 4.13. The van der Waals surface area contributed by atoms with Gasteiger partial charge < -0.3 is 10.4 Å². The molecule has 6 nitrogen and oxygen atoms in total. The number of aromatic hydroxyl groups is 1. The molecule has 0 bridgehead atoms. The average molecular weight is 599 g/mol. The highest BCUT2D eigenvalue weighted by molar-refractivity contribution is 14.1. The zero-order valence-corrected chi connectivity index (χ0v) is 19.7. The monoisotopic (exact) mass is 597 g/mol. The van der Waals surface area contributed by atoms with E-state index < -0.39 is 18.0 Å². The first-order valence-electron chi connectivity index (χ1n) is 8.78. The lowest BCUT2D eigenvalue weighted by Crippen LogP contribution is -2.52. The summed E-state index contributed by atoms with van der Waals surface area (Å²) in [6, 6.07) is 16.7. The fourth-order valence-electron chi connectivity index (χ4n) is 3.13. The molecule has 1 aliphatic heterocycles. The van der Waals surface area contributed by atoms with Gasteiger partial charge in [0.2, 0.25) is 0 Å². The number of hydrazine groups is 1. The molecule has 3 aromatic rings. The lowest BCUT2D eigenvalue weighted by Gasteiger charge is -2.38. The van der Waals surface area contributed by atoms with Crippen LogP contribution in [0.1, 0.15) is 32.4 Å². The van der Waals surface area contributed by atoms with Crippen LogP contribution in [0, 0.1) is 3.57 Å². The number of amides is 2. The highest BCUT2D eigenvalue weighted by Crippen LogP contribution is 2.37. The molecule has 0 fully saturated rings. The first-order chi connectivity index (χ1) is 14.3. The number of nitrogens with one attached hydrogen (secondary N) is 2. The summed E-state index contributed by atoms with van der Waals surface area (Å²) in [4.78, 5) is 26.2. The second-order valence-corrected chi connectivity index (χ2v) is 9.16. The number of anilines is 1. The van der Waals surface area contributed by atoms with E-state index in [1.54, 1.807) is 48.5 Å². The van der Waals surface area contributed by atoms with Gasteiger partial charge in [-0.05, 0) is 83.3 Å². The van der Waals surface area contributed by atoms with E-state index in [1.165, 1.54) is 11.1 Å². The summed E-state index contributed by atoms with van der Waals surface area (Å²) in [6.45, 7) is 0. The molecular weight excluding hydrogens is 585 g/mol. The van der Waals surface area contributed by atoms with Crippen molar-refractivity contribution >= 4 is 67.6 Å². The number of carbonyl (C=O) groups is 2. The molecule has 0 saturated carbocycles. The van der Waals surface area contributed by atoms with E-state index >= 15 is 0 Å². The molecule has 0 aliphatic carbocycles. The zero-order chi connectivity index (χ0) is 21.4. The molecule has 0 aromatic heterocycles. The first kappa shape index (κ1) is 21.0. The highest BCUT2D eigenvalue weighted by atomic mass is 127. The van der Waals surface area contributed by atoms with Gasteiger partial charge >= 0.3 is 0 Å². The molecule has 0 radical (unpaired) electrons. The van der Waals surface area contributed by atoms with Crippen molar-refractivity contribution in [2.24, 2.45) is 0 Å². The number of halogens is 3. The van der Waals surface area contributed by atoms with Crippen LogP contribution >= 0.6 is 50.1 Å². The van der Waals surface area contributed by atoms with E-state index in [2.05, 4.69) is 49.3 Å². The maximum Gasteiger partial charge on any atom is 0.276 e. The lowest BCUT2D eigenvalue weighted by molar-refractivity contribution is 0.0488. The number of benzene rings is 3. The van der Waals surface area contributed by atoms with Crippen molar-refractivity contribution in [2.45, 2.75) is 6.17 Å². The quantitative estimate of drug-likeness (QED) is 0.357. The molecule has 3 aromatic carbocycles. The fraction of sp³-hybridized carbons (Fsp3) is 0.0476. The molecule has 30 heavy (non-hydrogen) atoms. The third kappa shape index (κ3) is 4.12. The molecule has 152 valence electrons. The van der Waals surface area contributed by atoms with Crippen molar-refractivity contribution in [1.29, 1.82) is 0 Å². The van der Waals surface area contributed by atoms with E-state index in [-0.39, 0.29) is 5.75 Å². The Balaban J connectivity index is 1.76. The molecular formula is C21H14BrClIN3O3. The van der Waals surface area contributed by atoms with Crippen molar-refractivity contribution in [1.82, 2.24) is 10.4 Å². The number of hydrogen-bond acceptors (Lipinski definition) is 4. The second-order valence-electron chi connectivity index (χ2n) is 6.56. The van der Waals surface area contributed by atoms with E-state index in [0.29, 0.717) is 27.4 Å².